The van der Waals surface area contributed by atoms with Gasteiger partial charge in [0.25, 0.3) is 0 Å². The van der Waals surface area contributed by atoms with Gasteiger partial charge in [0.2, 0.25) is 0 Å². The number of hydrogen-bond donors (Lipinski definition) is 0. The first-order valence-corrected chi connectivity index (χ1v) is 11.9. The Morgan fingerprint density at radius 3 is 1.32 bits per heavy atom. The lowest BCUT2D eigenvalue weighted by atomic mass is 9.76. The lowest BCUT2D eigenvalue weighted by molar-refractivity contribution is 0.232. The van der Waals surface area contributed by atoms with Gasteiger partial charge in [0.05, 0.1) is 0 Å². The summed E-state index contributed by atoms with van der Waals surface area (Å²) in [6, 6.07) is 0. The summed E-state index contributed by atoms with van der Waals surface area (Å²) in [5.74, 6) is 4.24. The van der Waals surface area contributed by atoms with E-state index in [4.69, 9.17) is 0 Å². The Morgan fingerprint density at radius 1 is 0.600 bits per heavy atom. The van der Waals surface area contributed by atoms with Crippen LogP contribution in [0, 0.1) is 23.7 Å². The first-order valence-electron chi connectivity index (χ1n) is 11.9. The third kappa shape index (κ3) is 8.78. The minimum atomic E-state index is 1.02. The Kier molecular flexibility index (Phi) is 10.9. The van der Waals surface area contributed by atoms with E-state index in [1.54, 1.807) is 25.7 Å². The number of allylic oxidation sites excluding steroid dienone is 1. The van der Waals surface area contributed by atoms with Crippen LogP contribution in [0.25, 0.3) is 0 Å². The average Bonchev–Trinajstić information content (AvgIpc) is 2.66. The molecule has 25 heavy (non-hydrogen) atoms. The van der Waals surface area contributed by atoms with E-state index >= 15 is 0 Å². The second-order valence-corrected chi connectivity index (χ2v) is 9.42. The molecule has 0 radical (unpaired) electrons. The maximum absolute atomic E-state index is 3.87. The third-order valence-corrected chi connectivity index (χ3v) is 7.40. The molecule has 0 bridgehead atoms. The summed E-state index contributed by atoms with van der Waals surface area (Å²) in [6.45, 7) is 6.19. The fraction of sp³-hybridized carbons (Fsp3) is 0.920. The summed E-state index contributed by atoms with van der Waals surface area (Å²) in [5.41, 5.74) is 0. The standard InChI is InChI=1S/C25H46/c1-3-5-7-11-23-18-20-25(21-19-23)13-9-8-12-24-16-14-22(15-17-24)10-6-4-2/h4,22-25H,2-3,5-21H2,1H3. The zero-order valence-electron chi connectivity index (χ0n) is 17.3. The van der Waals surface area contributed by atoms with Crippen molar-refractivity contribution < 1.29 is 0 Å². The number of rotatable bonds is 12. The van der Waals surface area contributed by atoms with Gasteiger partial charge in [0.15, 0.2) is 0 Å². The molecule has 146 valence electrons. The molecule has 0 aromatic rings. The quantitative estimate of drug-likeness (QED) is 0.245. The molecular formula is C25H46. The average molecular weight is 347 g/mol. The lowest BCUT2D eigenvalue weighted by Crippen LogP contribution is -2.15. The van der Waals surface area contributed by atoms with E-state index in [9.17, 15) is 0 Å². The van der Waals surface area contributed by atoms with Crippen LogP contribution in [0.5, 0.6) is 0 Å². The molecule has 0 aromatic carbocycles. The Balaban J connectivity index is 1.44. The predicted molar refractivity (Wildman–Crippen MR) is 113 cm³/mol. The summed E-state index contributed by atoms with van der Waals surface area (Å²) in [6.07, 6.45) is 28.9. The van der Waals surface area contributed by atoms with Crippen molar-refractivity contribution in [1.82, 2.24) is 0 Å². The maximum Gasteiger partial charge on any atom is -0.0351 e. The molecule has 0 heteroatoms. The Labute approximate surface area is 159 Å². The minimum Gasteiger partial charge on any atom is -0.103 e. The minimum absolute atomic E-state index is 1.02. The fourth-order valence-electron chi connectivity index (χ4n) is 5.52. The second-order valence-electron chi connectivity index (χ2n) is 9.42. The van der Waals surface area contributed by atoms with Gasteiger partial charge < -0.3 is 0 Å². The van der Waals surface area contributed by atoms with Crippen molar-refractivity contribution in [2.24, 2.45) is 23.7 Å². The largest absolute Gasteiger partial charge is 0.103 e. The van der Waals surface area contributed by atoms with Crippen molar-refractivity contribution in [2.75, 3.05) is 0 Å². The van der Waals surface area contributed by atoms with E-state index in [1.165, 1.54) is 89.9 Å². The van der Waals surface area contributed by atoms with Gasteiger partial charge in [-0.2, -0.15) is 0 Å². The van der Waals surface area contributed by atoms with Crippen LogP contribution in [0.1, 0.15) is 122 Å². The van der Waals surface area contributed by atoms with Crippen molar-refractivity contribution >= 4 is 0 Å². The molecule has 2 rings (SSSR count). The summed E-state index contributed by atoms with van der Waals surface area (Å²) >= 11 is 0. The molecule has 0 nitrogen and oxygen atoms in total. The fourth-order valence-corrected chi connectivity index (χ4v) is 5.52. The van der Waals surface area contributed by atoms with Gasteiger partial charge in [0, 0.05) is 0 Å². The Bertz CT molecular complexity index is 315. The van der Waals surface area contributed by atoms with Gasteiger partial charge in [-0.15, -0.1) is 6.58 Å². The molecule has 2 fully saturated rings. The van der Waals surface area contributed by atoms with Crippen LogP contribution < -0.4 is 0 Å². The smallest absolute Gasteiger partial charge is 0.0351 e. The first kappa shape index (κ1) is 21.0. The molecule has 0 heterocycles. The topological polar surface area (TPSA) is 0 Å². The van der Waals surface area contributed by atoms with Crippen molar-refractivity contribution in [2.45, 2.75) is 122 Å². The molecule has 0 N–H and O–H groups in total. The van der Waals surface area contributed by atoms with E-state index in [0.29, 0.717) is 0 Å². The van der Waals surface area contributed by atoms with Crippen LogP contribution in [0.4, 0.5) is 0 Å². The number of unbranched alkanes of at least 4 members (excludes halogenated alkanes) is 3. The summed E-state index contributed by atoms with van der Waals surface area (Å²) in [7, 11) is 0. The molecule has 2 aliphatic rings. The zero-order chi connectivity index (χ0) is 17.7. The highest BCUT2D eigenvalue weighted by Crippen LogP contribution is 2.36. The van der Waals surface area contributed by atoms with Gasteiger partial charge >= 0.3 is 0 Å². The van der Waals surface area contributed by atoms with Gasteiger partial charge in [0.1, 0.15) is 0 Å². The predicted octanol–water partition coefficient (Wildman–Crippen LogP) is 8.71. The highest BCUT2D eigenvalue weighted by Gasteiger charge is 2.22. The van der Waals surface area contributed by atoms with Gasteiger partial charge in [-0.25, -0.2) is 0 Å². The molecular weight excluding hydrogens is 300 g/mol. The van der Waals surface area contributed by atoms with Crippen molar-refractivity contribution in [3.63, 3.8) is 0 Å². The van der Waals surface area contributed by atoms with Crippen LogP contribution in [-0.4, -0.2) is 0 Å². The van der Waals surface area contributed by atoms with Crippen LogP contribution >= 0.6 is 0 Å². The summed E-state index contributed by atoms with van der Waals surface area (Å²) in [4.78, 5) is 0. The highest BCUT2D eigenvalue weighted by atomic mass is 14.3. The summed E-state index contributed by atoms with van der Waals surface area (Å²) in [5, 5.41) is 0. The molecule has 2 aliphatic carbocycles. The molecule has 0 aliphatic heterocycles. The van der Waals surface area contributed by atoms with E-state index in [1.807, 2.05) is 0 Å². The van der Waals surface area contributed by atoms with Crippen molar-refractivity contribution in [3.8, 4) is 0 Å². The Morgan fingerprint density at radius 2 is 0.960 bits per heavy atom. The van der Waals surface area contributed by atoms with E-state index < -0.39 is 0 Å². The lowest BCUT2D eigenvalue weighted by Gasteiger charge is -2.30. The van der Waals surface area contributed by atoms with Crippen LogP contribution in [0.3, 0.4) is 0 Å². The zero-order valence-corrected chi connectivity index (χ0v) is 17.3. The Hall–Kier alpha value is -0.260. The molecule has 0 aromatic heterocycles. The molecule has 0 spiro atoms. The molecule has 2 saturated carbocycles. The van der Waals surface area contributed by atoms with Crippen LogP contribution in [0.2, 0.25) is 0 Å². The van der Waals surface area contributed by atoms with E-state index in [2.05, 4.69) is 19.6 Å². The van der Waals surface area contributed by atoms with Gasteiger partial charge in [-0.3, -0.25) is 0 Å². The van der Waals surface area contributed by atoms with Crippen molar-refractivity contribution in [3.05, 3.63) is 12.7 Å². The van der Waals surface area contributed by atoms with Crippen LogP contribution in [-0.2, 0) is 0 Å². The molecule has 0 amide bonds. The summed E-state index contributed by atoms with van der Waals surface area (Å²) < 4.78 is 0. The van der Waals surface area contributed by atoms with E-state index in [-0.39, 0.29) is 0 Å². The van der Waals surface area contributed by atoms with Crippen LogP contribution in [0.15, 0.2) is 12.7 Å². The first-order chi connectivity index (χ1) is 12.3. The van der Waals surface area contributed by atoms with Gasteiger partial charge in [-0.05, 0) is 36.5 Å². The van der Waals surface area contributed by atoms with Gasteiger partial charge in [-0.1, -0.05) is 116 Å². The maximum atomic E-state index is 3.87. The normalized spacial score (nSPS) is 30.3. The molecule has 0 atom stereocenters. The van der Waals surface area contributed by atoms with E-state index in [0.717, 1.165) is 23.7 Å². The molecule has 0 saturated heterocycles. The third-order valence-electron chi connectivity index (χ3n) is 7.40. The second kappa shape index (κ2) is 13.0. The SMILES string of the molecule is C=CCCC1CCC(CCCCC2CCC(CCCCC)CC2)CC1. The highest BCUT2D eigenvalue weighted by molar-refractivity contribution is 4.77. The number of hydrogen-bond acceptors (Lipinski definition) is 0. The molecule has 0 unspecified atom stereocenters. The monoisotopic (exact) mass is 346 g/mol. The van der Waals surface area contributed by atoms with Crippen molar-refractivity contribution in [1.29, 1.82) is 0 Å².